The number of benzene rings is 1. The van der Waals surface area contributed by atoms with Crippen LogP contribution in [0, 0.1) is 11.6 Å². The number of rotatable bonds is 3. The number of halogens is 2. The summed E-state index contributed by atoms with van der Waals surface area (Å²) in [7, 11) is 1.52. The zero-order valence-electron chi connectivity index (χ0n) is 8.00. The first-order valence-corrected chi connectivity index (χ1v) is 4.18. The molecule has 4 heteroatoms. The summed E-state index contributed by atoms with van der Waals surface area (Å²) in [5.41, 5.74) is 0.180. The number of hydrogen-bond donors (Lipinski definition) is 0. The van der Waals surface area contributed by atoms with Gasteiger partial charge in [0.25, 0.3) is 0 Å². The Morgan fingerprint density at radius 1 is 1.43 bits per heavy atom. The van der Waals surface area contributed by atoms with Crippen molar-refractivity contribution in [3.8, 4) is 0 Å². The highest BCUT2D eigenvalue weighted by Crippen LogP contribution is 2.21. The molecule has 1 atom stereocenters. The molecule has 0 heterocycles. The van der Waals surface area contributed by atoms with Gasteiger partial charge in [-0.05, 0) is 25.1 Å². The van der Waals surface area contributed by atoms with Gasteiger partial charge in [-0.3, -0.25) is 4.79 Å². The van der Waals surface area contributed by atoms with E-state index in [2.05, 4.69) is 0 Å². The van der Waals surface area contributed by atoms with Gasteiger partial charge in [-0.1, -0.05) is 0 Å². The molecule has 0 saturated carbocycles. The average Bonchev–Trinajstić information content (AvgIpc) is 2.19. The van der Waals surface area contributed by atoms with Crippen LogP contribution in [0.3, 0.4) is 0 Å². The van der Waals surface area contributed by atoms with Crippen molar-refractivity contribution in [2.75, 3.05) is 7.05 Å². The number of carbonyl (C=O) groups is 1. The Morgan fingerprint density at radius 3 is 2.64 bits per heavy atom. The normalized spacial score (nSPS) is 12.3. The molecule has 1 aromatic rings. The minimum atomic E-state index is -0.507. The molecule has 0 aliphatic rings. The van der Waals surface area contributed by atoms with Crippen molar-refractivity contribution in [3.63, 3.8) is 0 Å². The Morgan fingerprint density at radius 2 is 2.07 bits per heavy atom. The largest absolute Gasteiger partial charge is 0.341 e. The van der Waals surface area contributed by atoms with E-state index in [1.54, 1.807) is 6.92 Å². The van der Waals surface area contributed by atoms with Crippen LogP contribution < -0.4 is 0 Å². The van der Waals surface area contributed by atoms with E-state index >= 15 is 0 Å². The summed E-state index contributed by atoms with van der Waals surface area (Å²) >= 11 is 0. The number of nitrogens with zero attached hydrogens (tertiary/aromatic N) is 1. The molecule has 0 spiro atoms. The second-order valence-electron chi connectivity index (χ2n) is 3.11. The van der Waals surface area contributed by atoms with Gasteiger partial charge in [-0.15, -0.1) is 0 Å². The van der Waals surface area contributed by atoms with Crippen LogP contribution in [0.15, 0.2) is 18.2 Å². The molecule has 0 aromatic heterocycles. The summed E-state index contributed by atoms with van der Waals surface area (Å²) in [6, 6.07) is 2.73. The topological polar surface area (TPSA) is 20.3 Å². The summed E-state index contributed by atoms with van der Waals surface area (Å²) < 4.78 is 26.0. The van der Waals surface area contributed by atoms with Crippen LogP contribution in [0.1, 0.15) is 18.5 Å². The third-order valence-corrected chi connectivity index (χ3v) is 2.19. The Balaban J connectivity index is 3.05. The molecule has 0 bridgehead atoms. The van der Waals surface area contributed by atoms with Crippen molar-refractivity contribution in [3.05, 3.63) is 35.4 Å². The molecule has 0 radical (unpaired) electrons. The van der Waals surface area contributed by atoms with Crippen molar-refractivity contribution >= 4 is 6.41 Å². The summed E-state index contributed by atoms with van der Waals surface area (Å²) in [5.74, 6) is -1.01. The van der Waals surface area contributed by atoms with Crippen LogP contribution in [0.4, 0.5) is 8.78 Å². The predicted molar refractivity (Wildman–Crippen MR) is 48.6 cm³/mol. The lowest BCUT2D eigenvalue weighted by atomic mass is 10.1. The summed E-state index contributed by atoms with van der Waals surface area (Å²) in [6.45, 7) is 1.63. The van der Waals surface area contributed by atoms with E-state index in [1.165, 1.54) is 11.9 Å². The zero-order chi connectivity index (χ0) is 10.7. The van der Waals surface area contributed by atoms with Crippen LogP contribution in [0.25, 0.3) is 0 Å². The van der Waals surface area contributed by atoms with Crippen LogP contribution in [0.5, 0.6) is 0 Å². The van der Waals surface area contributed by atoms with Gasteiger partial charge in [0.2, 0.25) is 6.41 Å². The highest BCUT2D eigenvalue weighted by atomic mass is 19.1. The summed E-state index contributed by atoms with van der Waals surface area (Å²) in [5, 5.41) is 0. The summed E-state index contributed by atoms with van der Waals surface area (Å²) in [6.07, 6.45) is 0.578. The van der Waals surface area contributed by atoms with E-state index in [4.69, 9.17) is 0 Å². The second kappa shape index (κ2) is 4.17. The fourth-order valence-corrected chi connectivity index (χ4v) is 1.15. The lowest BCUT2D eigenvalue weighted by Crippen LogP contribution is -2.21. The molecule has 14 heavy (non-hydrogen) atoms. The van der Waals surface area contributed by atoms with Crippen LogP contribution in [-0.4, -0.2) is 18.4 Å². The third-order valence-electron chi connectivity index (χ3n) is 2.19. The van der Waals surface area contributed by atoms with Crippen molar-refractivity contribution in [2.24, 2.45) is 0 Å². The SMILES string of the molecule is CC(c1cc(F)ccc1F)N(C)C=O. The Labute approximate surface area is 81.1 Å². The quantitative estimate of drug-likeness (QED) is 0.683. The molecule has 0 N–H and O–H groups in total. The fourth-order valence-electron chi connectivity index (χ4n) is 1.15. The second-order valence-corrected chi connectivity index (χ2v) is 3.11. The molecule has 0 saturated heterocycles. The minimum Gasteiger partial charge on any atom is -0.341 e. The van der Waals surface area contributed by atoms with E-state index < -0.39 is 17.7 Å². The molecular weight excluding hydrogens is 188 g/mol. The minimum absolute atomic E-state index is 0.180. The van der Waals surface area contributed by atoms with E-state index in [9.17, 15) is 13.6 Å². The molecule has 0 aliphatic carbocycles. The first-order chi connectivity index (χ1) is 6.56. The molecular formula is C10H11F2NO. The predicted octanol–water partition coefficient (Wildman–Crippen LogP) is 2.11. The molecule has 1 amide bonds. The zero-order valence-corrected chi connectivity index (χ0v) is 8.00. The van der Waals surface area contributed by atoms with Crippen molar-refractivity contribution in [1.82, 2.24) is 4.90 Å². The maximum atomic E-state index is 13.2. The monoisotopic (exact) mass is 199 g/mol. The van der Waals surface area contributed by atoms with Gasteiger partial charge in [0.15, 0.2) is 0 Å². The van der Waals surface area contributed by atoms with Gasteiger partial charge in [-0.2, -0.15) is 0 Å². The van der Waals surface area contributed by atoms with Gasteiger partial charge in [0.05, 0.1) is 6.04 Å². The lowest BCUT2D eigenvalue weighted by Gasteiger charge is -2.20. The number of amides is 1. The van der Waals surface area contributed by atoms with Crippen LogP contribution >= 0.6 is 0 Å². The third kappa shape index (κ3) is 2.07. The van der Waals surface area contributed by atoms with Gasteiger partial charge in [0, 0.05) is 12.6 Å². The first kappa shape index (κ1) is 10.6. The van der Waals surface area contributed by atoms with Gasteiger partial charge in [0.1, 0.15) is 11.6 Å². The molecule has 76 valence electrons. The Kier molecular flexibility index (Phi) is 3.17. The van der Waals surface area contributed by atoms with Gasteiger partial charge >= 0.3 is 0 Å². The Hall–Kier alpha value is -1.45. The summed E-state index contributed by atoms with van der Waals surface area (Å²) in [4.78, 5) is 11.7. The first-order valence-electron chi connectivity index (χ1n) is 4.18. The van der Waals surface area contributed by atoms with Crippen molar-refractivity contribution in [2.45, 2.75) is 13.0 Å². The highest BCUT2D eigenvalue weighted by Gasteiger charge is 2.14. The average molecular weight is 199 g/mol. The maximum absolute atomic E-state index is 13.2. The standard InChI is InChI=1S/C10H11F2NO/c1-7(13(2)6-14)9-5-8(11)3-4-10(9)12/h3-7H,1-2H3. The lowest BCUT2D eigenvalue weighted by molar-refractivity contribution is -0.118. The number of hydrogen-bond acceptors (Lipinski definition) is 1. The van der Waals surface area contributed by atoms with Gasteiger partial charge in [-0.25, -0.2) is 8.78 Å². The van der Waals surface area contributed by atoms with Crippen molar-refractivity contribution < 1.29 is 13.6 Å². The molecule has 1 rings (SSSR count). The molecule has 2 nitrogen and oxygen atoms in total. The molecule has 1 unspecified atom stereocenters. The van der Waals surface area contributed by atoms with Gasteiger partial charge < -0.3 is 4.90 Å². The molecule has 1 aromatic carbocycles. The van der Waals surface area contributed by atoms with Crippen LogP contribution in [-0.2, 0) is 4.79 Å². The van der Waals surface area contributed by atoms with E-state index in [0.29, 0.717) is 6.41 Å². The maximum Gasteiger partial charge on any atom is 0.209 e. The van der Waals surface area contributed by atoms with E-state index in [1.807, 2.05) is 0 Å². The molecule has 0 aliphatic heterocycles. The smallest absolute Gasteiger partial charge is 0.209 e. The molecule has 0 fully saturated rings. The van der Waals surface area contributed by atoms with E-state index in [0.717, 1.165) is 18.2 Å². The number of carbonyl (C=O) groups excluding carboxylic acids is 1. The highest BCUT2D eigenvalue weighted by molar-refractivity contribution is 5.48. The van der Waals surface area contributed by atoms with E-state index in [-0.39, 0.29) is 5.56 Å². The van der Waals surface area contributed by atoms with Crippen LogP contribution in [0.2, 0.25) is 0 Å². The fraction of sp³-hybridized carbons (Fsp3) is 0.300. The Bertz CT molecular complexity index is 341. The van der Waals surface area contributed by atoms with Crippen molar-refractivity contribution in [1.29, 1.82) is 0 Å².